The molecule has 3 nitrogen and oxygen atoms in total. The maximum atomic E-state index is 10.6. The van der Waals surface area contributed by atoms with Gasteiger partial charge in [-0.1, -0.05) is 23.2 Å². The molecule has 0 saturated heterocycles. The van der Waals surface area contributed by atoms with E-state index in [1.165, 1.54) is 18.2 Å². The summed E-state index contributed by atoms with van der Waals surface area (Å²) in [7, 11) is 1.16. The Kier molecular flexibility index (Phi) is 3.29. The Labute approximate surface area is 90.2 Å². The molecule has 1 aromatic carbocycles. The number of anilines is 1. The van der Waals surface area contributed by atoms with E-state index < -0.39 is 9.24 Å². The monoisotopic (exact) mass is 259 g/mol. The van der Waals surface area contributed by atoms with Crippen molar-refractivity contribution in [1.29, 1.82) is 0 Å². The van der Waals surface area contributed by atoms with Crippen molar-refractivity contribution in [2.24, 2.45) is 0 Å². The van der Waals surface area contributed by atoms with Crippen LogP contribution in [0.25, 0.3) is 0 Å². The third-order valence-corrected chi connectivity index (χ3v) is 2.61. The van der Waals surface area contributed by atoms with Crippen LogP contribution in [0, 0.1) is 0 Å². The average Bonchev–Trinajstić information content (AvgIpc) is 1.94. The second kappa shape index (κ2) is 3.92. The van der Waals surface area contributed by atoms with Gasteiger partial charge in [0.25, 0.3) is 0 Å². The fourth-order valence-electron chi connectivity index (χ4n) is 0.700. The largest absolute Gasteiger partial charge is 0.319 e. The number of halogens is 3. The average molecular weight is 261 g/mol. The minimum Gasteiger partial charge on any atom is -0.271 e. The van der Waals surface area contributed by atoms with E-state index in [1.807, 2.05) is 4.72 Å². The summed E-state index contributed by atoms with van der Waals surface area (Å²) < 4.78 is 23.2. The highest BCUT2D eigenvalue weighted by molar-refractivity contribution is 8.14. The van der Waals surface area contributed by atoms with Gasteiger partial charge in [0.15, 0.2) is 0 Å². The second-order valence-corrected chi connectivity index (χ2v) is 5.28. The van der Waals surface area contributed by atoms with Crippen molar-refractivity contribution in [3.05, 3.63) is 28.2 Å². The van der Waals surface area contributed by atoms with E-state index in [4.69, 9.17) is 33.9 Å². The summed E-state index contributed by atoms with van der Waals surface area (Å²) >= 11 is 11.2. The summed E-state index contributed by atoms with van der Waals surface area (Å²) in [5, 5.41) is 0.603. The Morgan fingerprint density at radius 3 is 2.23 bits per heavy atom. The molecule has 0 atom stereocenters. The predicted octanol–water partition coefficient (Wildman–Crippen LogP) is 2.89. The van der Waals surface area contributed by atoms with Crippen LogP contribution in [0.4, 0.5) is 5.69 Å². The first-order chi connectivity index (χ1) is 5.88. The Bertz CT molecular complexity index is 418. The minimum atomic E-state index is -3.79. The summed E-state index contributed by atoms with van der Waals surface area (Å²) in [6.45, 7) is 0. The van der Waals surface area contributed by atoms with Gasteiger partial charge in [0, 0.05) is 10.7 Å². The van der Waals surface area contributed by atoms with Gasteiger partial charge in [-0.2, -0.15) is 8.42 Å². The second-order valence-electron chi connectivity index (χ2n) is 2.17. The van der Waals surface area contributed by atoms with Gasteiger partial charge in [-0.3, -0.25) is 4.72 Å². The van der Waals surface area contributed by atoms with Crippen LogP contribution in [-0.4, -0.2) is 8.42 Å². The smallest absolute Gasteiger partial charge is 0.271 e. The van der Waals surface area contributed by atoms with Crippen LogP contribution in [0.1, 0.15) is 0 Å². The zero-order valence-corrected chi connectivity index (χ0v) is 9.17. The van der Waals surface area contributed by atoms with Gasteiger partial charge < -0.3 is 0 Å². The molecule has 0 saturated carbocycles. The highest BCUT2D eigenvalue weighted by Crippen LogP contribution is 2.25. The van der Waals surface area contributed by atoms with Crippen molar-refractivity contribution < 1.29 is 8.42 Å². The van der Waals surface area contributed by atoms with Crippen LogP contribution in [0.15, 0.2) is 18.2 Å². The molecule has 7 heteroatoms. The van der Waals surface area contributed by atoms with E-state index in [9.17, 15) is 8.42 Å². The number of hydrogen-bond donors (Lipinski definition) is 1. The number of nitrogens with one attached hydrogen (secondary N) is 1. The molecule has 0 aromatic heterocycles. The SMILES string of the molecule is O=S(=O)(Cl)Nc1ccc(Cl)c(Cl)c1. The van der Waals surface area contributed by atoms with E-state index in [0.717, 1.165) is 0 Å². The first-order valence-corrected chi connectivity index (χ1v) is 6.12. The Morgan fingerprint density at radius 2 is 1.77 bits per heavy atom. The third-order valence-electron chi connectivity index (χ3n) is 1.16. The Hall–Kier alpha value is -0.160. The van der Waals surface area contributed by atoms with E-state index >= 15 is 0 Å². The molecule has 0 spiro atoms. The topological polar surface area (TPSA) is 46.2 Å². The fraction of sp³-hybridized carbons (Fsp3) is 0. The van der Waals surface area contributed by atoms with Crippen LogP contribution in [0.5, 0.6) is 0 Å². The third kappa shape index (κ3) is 3.60. The van der Waals surface area contributed by atoms with Crippen molar-refractivity contribution in [3.8, 4) is 0 Å². The lowest BCUT2D eigenvalue weighted by Crippen LogP contribution is -2.03. The van der Waals surface area contributed by atoms with Crippen molar-refractivity contribution in [3.63, 3.8) is 0 Å². The summed E-state index contributed by atoms with van der Waals surface area (Å²) in [6.07, 6.45) is 0. The first kappa shape index (κ1) is 10.9. The van der Waals surface area contributed by atoms with Gasteiger partial charge in [-0.15, -0.1) is 0 Å². The zero-order valence-electron chi connectivity index (χ0n) is 6.09. The van der Waals surface area contributed by atoms with E-state index in [-0.39, 0.29) is 10.7 Å². The quantitative estimate of drug-likeness (QED) is 0.831. The van der Waals surface area contributed by atoms with Crippen LogP contribution in [0.3, 0.4) is 0 Å². The number of rotatable bonds is 2. The molecule has 1 aromatic rings. The summed E-state index contributed by atoms with van der Waals surface area (Å²) in [5.41, 5.74) is 0.268. The van der Waals surface area contributed by atoms with Crippen LogP contribution in [-0.2, 0) is 9.24 Å². The van der Waals surface area contributed by atoms with Gasteiger partial charge in [0.05, 0.1) is 15.7 Å². The number of hydrogen-bond acceptors (Lipinski definition) is 2. The molecular weight excluding hydrogens is 256 g/mol. The molecule has 1 N–H and O–H groups in total. The van der Waals surface area contributed by atoms with E-state index in [0.29, 0.717) is 5.02 Å². The lowest BCUT2D eigenvalue weighted by Gasteiger charge is -2.02. The van der Waals surface area contributed by atoms with Gasteiger partial charge >= 0.3 is 9.24 Å². The Balaban J connectivity index is 2.99. The molecule has 0 bridgehead atoms. The highest BCUT2D eigenvalue weighted by Gasteiger charge is 2.05. The standard InChI is InChI=1S/C6H4Cl3NO2S/c7-5-2-1-4(3-6(5)8)10-13(9,11)12/h1-3,10H. The molecule has 0 aliphatic heterocycles. The maximum Gasteiger partial charge on any atom is 0.319 e. The van der Waals surface area contributed by atoms with Crippen molar-refractivity contribution in [2.45, 2.75) is 0 Å². The van der Waals surface area contributed by atoms with Crippen LogP contribution < -0.4 is 4.72 Å². The van der Waals surface area contributed by atoms with Gasteiger partial charge in [-0.05, 0) is 18.2 Å². The molecule has 0 radical (unpaired) electrons. The highest BCUT2D eigenvalue weighted by atomic mass is 35.7. The van der Waals surface area contributed by atoms with Gasteiger partial charge in [0.1, 0.15) is 0 Å². The fourth-order valence-corrected chi connectivity index (χ4v) is 1.67. The molecule has 0 fully saturated rings. The summed E-state index contributed by atoms with van der Waals surface area (Å²) in [6, 6.07) is 4.28. The summed E-state index contributed by atoms with van der Waals surface area (Å²) in [5.74, 6) is 0. The number of benzene rings is 1. The molecule has 13 heavy (non-hydrogen) atoms. The lowest BCUT2D eigenvalue weighted by molar-refractivity contribution is 0.614. The molecule has 1 rings (SSSR count). The van der Waals surface area contributed by atoms with Crippen molar-refractivity contribution in [1.82, 2.24) is 0 Å². The molecule has 0 heterocycles. The molecular formula is C6H4Cl3NO2S. The van der Waals surface area contributed by atoms with Gasteiger partial charge in [0.2, 0.25) is 0 Å². The summed E-state index contributed by atoms with van der Waals surface area (Å²) in [4.78, 5) is 0. The predicted molar refractivity (Wildman–Crippen MR) is 54.9 cm³/mol. The molecule has 0 amide bonds. The van der Waals surface area contributed by atoms with Crippen molar-refractivity contribution in [2.75, 3.05) is 4.72 Å². The van der Waals surface area contributed by atoms with E-state index in [1.54, 1.807) is 0 Å². The van der Waals surface area contributed by atoms with Gasteiger partial charge in [-0.25, -0.2) is 0 Å². The first-order valence-electron chi connectivity index (χ1n) is 3.06. The molecule has 0 aliphatic rings. The molecule has 0 aliphatic carbocycles. The van der Waals surface area contributed by atoms with Crippen molar-refractivity contribution >= 4 is 48.8 Å². The lowest BCUT2D eigenvalue weighted by atomic mass is 10.3. The zero-order chi connectivity index (χ0) is 10.1. The maximum absolute atomic E-state index is 10.6. The van der Waals surface area contributed by atoms with Crippen LogP contribution >= 0.6 is 33.9 Å². The minimum absolute atomic E-state index is 0.256. The normalized spacial score (nSPS) is 11.3. The Morgan fingerprint density at radius 1 is 1.15 bits per heavy atom. The molecule has 72 valence electrons. The van der Waals surface area contributed by atoms with Crippen LogP contribution in [0.2, 0.25) is 10.0 Å². The molecule has 0 unspecified atom stereocenters. The van der Waals surface area contributed by atoms with E-state index in [2.05, 4.69) is 0 Å².